The van der Waals surface area contributed by atoms with Gasteiger partial charge < -0.3 is 9.47 Å². The van der Waals surface area contributed by atoms with Gasteiger partial charge in [0.15, 0.2) is 5.78 Å². The van der Waals surface area contributed by atoms with Gasteiger partial charge in [-0.25, -0.2) is 0 Å². The number of hydrogen-bond acceptors (Lipinski definition) is 2. The van der Waals surface area contributed by atoms with Crippen LogP contribution in [-0.4, -0.2) is 35.9 Å². The Morgan fingerprint density at radius 3 is 2.95 bits per heavy atom. The van der Waals surface area contributed by atoms with Crippen LogP contribution in [0.2, 0.25) is 0 Å². The Morgan fingerprint density at radius 1 is 1.30 bits per heavy atom. The zero-order valence-electron chi connectivity index (χ0n) is 12.1. The van der Waals surface area contributed by atoms with Crippen LogP contribution >= 0.6 is 0 Å². The highest BCUT2D eigenvalue weighted by molar-refractivity contribution is 6.12. The molecule has 2 heterocycles. The van der Waals surface area contributed by atoms with Gasteiger partial charge in [-0.05, 0) is 38.9 Å². The Bertz CT molecular complexity index is 711. The third kappa shape index (κ3) is 1.53. The predicted molar refractivity (Wildman–Crippen MR) is 80.3 cm³/mol. The number of carbonyl (C=O) groups is 1. The van der Waals surface area contributed by atoms with Gasteiger partial charge in [-0.15, -0.1) is 0 Å². The lowest BCUT2D eigenvalue weighted by atomic mass is 9.84. The van der Waals surface area contributed by atoms with Gasteiger partial charge in [-0.2, -0.15) is 0 Å². The zero-order valence-corrected chi connectivity index (χ0v) is 12.1. The first-order valence-electron chi connectivity index (χ1n) is 7.48. The van der Waals surface area contributed by atoms with Crippen LogP contribution in [-0.2, 0) is 19.4 Å². The van der Waals surface area contributed by atoms with Crippen molar-refractivity contribution < 1.29 is 4.79 Å². The van der Waals surface area contributed by atoms with Crippen LogP contribution in [0.1, 0.15) is 28.0 Å². The minimum absolute atomic E-state index is 0.166. The molecular weight excluding hydrogens is 248 g/mol. The summed E-state index contributed by atoms with van der Waals surface area (Å²) in [5, 5.41) is 1.20. The monoisotopic (exact) mass is 268 g/mol. The van der Waals surface area contributed by atoms with E-state index in [0.29, 0.717) is 5.78 Å². The molecule has 104 valence electrons. The second kappa shape index (κ2) is 4.19. The van der Waals surface area contributed by atoms with E-state index in [2.05, 4.69) is 27.7 Å². The number of nitrogens with zero attached hydrogens (tertiary/aromatic N) is 2. The molecule has 0 amide bonds. The molecule has 0 spiro atoms. The summed E-state index contributed by atoms with van der Waals surface area (Å²) in [6.45, 7) is 1.92. The van der Waals surface area contributed by atoms with E-state index in [0.717, 1.165) is 37.9 Å². The molecule has 1 aromatic heterocycles. The van der Waals surface area contributed by atoms with Crippen LogP contribution in [0, 0.1) is 5.92 Å². The smallest absolute Gasteiger partial charge is 0.169 e. The molecule has 20 heavy (non-hydrogen) atoms. The van der Waals surface area contributed by atoms with Crippen LogP contribution in [0.4, 0.5) is 0 Å². The van der Waals surface area contributed by atoms with Gasteiger partial charge in [0.2, 0.25) is 0 Å². The SMILES string of the molecule is CN(C)CC1CCc2c(c3cccc4c3n2CC4)C1=O. The number of benzene rings is 1. The fourth-order valence-corrected chi connectivity index (χ4v) is 4.01. The maximum atomic E-state index is 12.9. The van der Waals surface area contributed by atoms with Crippen molar-refractivity contribution in [3.8, 4) is 0 Å². The van der Waals surface area contributed by atoms with E-state index in [4.69, 9.17) is 0 Å². The molecular formula is C17H20N2O. The molecule has 0 saturated heterocycles. The second-order valence-electron chi connectivity index (χ2n) is 6.40. The minimum atomic E-state index is 0.166. The van der Waals surface area contributed by atoms with E-state index >= 15 is 0 Å². The van der Waals surface area contributed by atoms with E-state index in [1.54, 1.807) is 0 Å². The third-order valence-corrected chi connectivity index (χ3v) is 4.81. The number of rotatable bonds is 2. The number of Topliss-reactive ketones (excluding diaryl/α,β-unsaturated/α-hetero) is 1. The molecule has 0 fully saturated rings. The standard InChI is InChI=1S/C17H20N2O/c1-18(2)10-12-6-7-14-15(17(12)20)13-5-3-4-11-8-9-19(14)16(11)13/h3-5,12H,6-10H2,1-2H3. The predicted octanol–water partition coefficient (Wildman–Crippen LogP) is 2.50. The van der Waals surface area contributed by atoms with Crippen molar-refractivity contribution in [3.05, 3.63) is 35.0 Å². The van der Waals surface area contributed by atoms with Crippen molar-refractivity contribution in [2.75, 3.05) is 20.6 Å². The largest absolute Gasteiger partial charge is 0.343 e. The maximum absolute atomic E-state index is 12.9. The number of carbonyl (C=O) groups excluding carboxylic acids is 1. The number of hydrogen-bond donors (Lipinski definition) is 0. The van der Waals surface area contributed by atoms with Crippen LogP contribution in [0.3, 0.4) is 0 Å². The third-order valence-electron chi connectivity index (χ3n) is 4.81. The van der Waals surface area contributed by atoms with Gasteiger partial charge in [0.05, 0.1) is 5.52 Å². The minimum Gasteiger partial charge on any atom is -0.343 e. The van der Waals surface area contributed by atoms with E-state index in [1.807, 2.05) is 14.1 Å². The summed E-state index contributed by atoms with van der Waals surface area (Å²) in [4.78, 5) is 15.0. The fraction of sp³-hybridized carbons (Fsp3) is 0.471. The zero-order chi connectivity index (χ0) is 13.9. The lowest BCUT2D eigenvalue weighted by molar-refractivity contribution is 0.0878. The first kappa shape index (κ1) is 12.2. The van der Waals surface area contributed by atoms with Crippen molar-refractivity contribution >= 4 is 16.7 Å². The average molecular weight is 268 g/mol. The Balaban J connectivity index is 1.89. The molecule has 2 aromatic rings. The van der Waals surface area contributed by atoms with Gasteiger partial charge in [-0.1, -0.05) is 18.2 Å². The van der Waals surface area contributed by atoms with Gasteiger partial charge in [0.1, 0.15) is 0 Å². The lowest BCUT2D eigenvalue weighted by Gasteiger charge is -2.25. The summed E-state index contributed by atoms with van der Waals surface area (Å²) in [6, 6.07) is 6.45. The Morgan fingerprint density at radius 2 is 2.15 bits per heavy atom. The first-order chi connectivity index (χ1) is 9.66. The summed E-state index contributed by atoms with van der Waals surface area (Å²) < 4.78 is 2.41. The molecule has 3 nitrogen and oxygen atoms in total. The van der Waals surface area contributed by atoms with Gasteiger partial charge in [-0.3, -0.25) is 4.79 Å². The van der Waals surface area contributed by atoms with E-state index < -0.39 is 0 Å². The average Bonchev–Trinajstić information content (AvgIpc) is 2.97. The van der Waals surface area contributed by atoms with Crippen LogP contribution in [0.5, 0.6) is 0 Å². The van der Waals surface area contributed by atoms with Crippen molar-refractivity contribution in [1.82, 2.24) is 9.47 Å². The van der Waals surface area contributed by atoms with E-state index in [-0.39, 0.29) is 5.92 Å². The van der Waals surface area contributed by atoms with Gasteiger partial charge in [0.25, 0.3) is 0 Å². The second-order valence-corrected chi connectivity index (χ2v) is 6.40. The number of fused-ring (bicyclic) bond motifs is 3. The normalized spacial score (nSPS) is 20.9. The number of aryl methyl sites for hydroxylation is 2. The highest BCUT2D eigenvalue weighted by Gasteiger charge is 2.34. The van der Waals surface area contributed by atoms with Crippen molar-refractivity contribution in [2.45, 2.75) is 25.8 Å². The summed E-state index contributed by atoms with van der Waals surface area (Å²) in [7, 11) is 4.10. The number of para-hydroxylation sites is 1. The molecule has 0 N–H and O–H groups in total. The van der Waals surface area contributed by atoms with Crippen LogP contribution < -0.4 is 0 Å². The summed E-state index contributed by atoms with van der Waals surface area (Å²) in [5.41, 5.74) is 5.06. The fourth-order valence-electron chi connectivity index (χ4n) is 4.01. The topological polar surface area (TPSA) is 25.2 Å². The van der Waals surface area contributed by atoms with Gasteiger partial charge >= 0.3 is 0 Å². The van der Waals surface area contributed by atoms with E-state index in [1.165, 1.54) is 22.2 Å². The molecule has 1 aliphatic carbocycles. The maximum Gasteiger partial charge on any atom is 0.169 e. The molecule has 2 aliphatic rings. The molecule has 4 rings (SSSR count). The summed E-state index contributed by atoms with van der Waals surface area (Å²) >= 11 is 0. The van der Waals surface area contributed by atoms with Crippen molar-refractivity contribution in [3.63, 3.8) is 0 Å². The summed E-state index contributed by atoms with van der Waals surface area (Å²) in [6.07, 6.45) is 3.17. The Hall–Kier alpha value is -1.61. The molecule has 0 saturated carbocycles. The highest BCUT2D eigenvalue weighted by atomic mass is 16.1. The highest BCUT2D eigenvalue weighted by Crippen LogP contribution is 2.38. The quantitative estimate of drug-likeness (QED) is 0.836. The molecule has 0 bridgehead atoms. The Labute approximate surface area is 119 Å². The molecule has 1 aromatic carbocycles. The molecule has 3 heteroatoms. The first-order valence-corrected chi connectivity index (χ1v) is 7.48. The molecule has 1 atom stereocenters. The molecule has 1 unspecified atom stereocenters. The van der Waals surface area contributed by atoms with Crippen LogP contribution in [0.15, 0.2) is 18.2 Å². The van der Waals surface area contributed by atoms with Gasteiger partial charge in [0, 0.05) is 35.7 Å². The number of aromatic nitrogens is 1. The lowest BCUT2D eigenvalue weighted by Crippen LogP contribution is -2.32. The number of ketones is 1. The summed E-state index contributed by atoms with van der Waals surface area (Å²) in [5.74, 6) is 0.530. The molecule has 1 aliphatic heterocycles. The van der Waals surface area contributed by atoms with Crippen LogP contribution in [0.25, 0.3) is 10.9 Å². The molecule has 0 radical (unpaired) electrons. The Kier molecular flexibility index (Phi) is 2.55. The van der Waals surface area contributed by atoms with Crippen molar-refractivity contribution in [2.24, 2.45) is 5.92 Å². The van der Waals surface area contributed by atoms with Crippen molar-refractivity contribution in [1.29, 1.82) is 0 Å². The van der Waals surface area contributed by atoms with E-state index in [9.17, 15) is 4.79 Å².